The Balaban J connectivity index is 2.58. The van der Waals surface area contributed by atoms with E-state index in [9.17, 15) is 9.59 Å². The van der Waals surface area contributed by atoms with E-state index in [0.717, 1.165) is 18.3 Å². The molecule has 0 unspecified atom stereocenters. The molecule has 0 N–H and O–H groups in total. The summed E-state index contributed by atoms with van der Waals surface area (Å²) in [5.41, 5.74) is 1.42. The van der Waals surface area contributed by atoms with Crippen LogP contribution in [0.15, 0.2) is 24.3 Å². The van der Waals surface area contributed by atoms with Crippen LogP contribution in [0.2, 0.25) is 0 Å². The van der Waals surface area contributed by atoms with Crippen molar-refractivity contribution in [3.05, 3.63) is 35.4 Å². The van der Waals surface area contributed by atoms with Crippen LogP contribution in [0.25, 0.3) is 0 Å². The third-order valence-corrected chi connectivity index (χ3v) is 3.76. The number of benzene rings is 1. The second kappa shape index (κ2) is 3.85. The van der Waals surface area contributed by atoms with Gasteiger partial charge >= 0.3 is 0 Å². The van der Waals surface area contributed by atoms with Gasteiger partial charge in [0.1, 0.15) is 6.29 Å². The Bertz CT molecular complexity index is 436. The van der Waals surface area contributed by atoms with E-state index >= 15 is 0 Å². The molecule has 0 aliphatic heterocycles. The van der Waals surface area contributed by atoms with Crippen molar-refractivity contribution in [2.45, 2.75) is 32.6 Å². The van der Waals surface area contributed by atoms with E-state index in [4.69, 9.17) is 0 Å². The summed E-state index contributed by atoms with van der Waals surface area (Å²) in [5, 5.41) is 0. The first kappa shape index (κ1) is 11.1. The van der Waals surface area contributed by atoms with Gasteiger partial charge in [0.05, 0.1) is 5.41 Å². The molecule has 0 heterocycles. The van der Waals surface area contributed by atoms with Crippen molar-refractivity contribution < 1.29 is 9.59 Å². The summed E-state index contributed by atoms with van der Waals surface area (Å²) < 4.78 is 0. The number of ketones is 1. The van der Waals surface area contributed by atoms with Crippen LogP contribution in [0.5, 0.6) is 0 Å². The largest absolute Gasteiger partial charge is 0.302 e. The number of Topliss-reactive ketones (excluding diaryl/α,β-unsaturated/α-hetero) is 1. The number of carbonyl (C=O) groups excluding carboxylic acids is 2. The zero-order valence-electron chi connectivity index (χ0n) is 9.69. The van der Waals surface area contributed by atoms with E-state index in [0.29, 0.717) is 6.42 Å². The van der Waals surface area contributed by atoms with Gasteiger partial charge in [0.15, 0.2) is 5.78 Å². The summed E-state index contributed by atoms with van der Waals surface area (Å²) in [4.78, 5) is 23.3. The topological polar surface area (TPSA) is 34.1 Å². The lowest BCUT2D eigenvalue weighted by Crippen LogP contribution is -2.41. The lowest BCUT2D eigenvalue weighted by atomic mass is 9.64. The Kier molecular flexibility index (Phi) is 2.66. The van der Waals surface area contributed by atoms with Gasteiger partial charge in [0.25, 0.3) is 0 Å². The van der Waals surface area contributed by atoms with Crippen LogP contribution in [0.4, 0.5) is 0 Å². The SMILES string of the molecule is CC[C@@H]1c2ccccc2CC(=O)[C@]1(C)C=O. The van der Waals surface area contributed by atoms with Gasteiger partial charge in [-0.25, -0.2) is 0 Å². The fourth-order valence-corrected chi connectivity index (χ4v) is 2.71. The average molecular weight is 216 g/mol. The van der Waals surface area contributed by atoms with Gasteiger partial charge in [-0.15, -0.1) is 0 Å². The molecule has 2 atom stereocenters. The molecule has 1 aliphatic carbocycles. The number of fused-ring (bicyclic) bond motifs is 1. The summed E-state index contributed by atoms with van der Waals surface area (Å²) >= 11 is 0. The van der Waals surface area contributed by atoms with Crippen LogP contribution >= 0.6 is 0 Å². The van der Waals surface area contributed by atoms with E-state index in [1.807, 2.05) is 31.2 Å². The number of carbonyl (C=O) groups is 2. The number of hydrogen-bond acceptors (Lipinski definition) is 2. The molecule has 1 aromatic carbocycles. The number of rotatable bonds is 2. The Labute approximate surface area is 95.7 Å². The van der Waals surface area contributed by atoms with Gasteiger partial charge in [0, 0.05) is 12.3 Å². The minimum absolute atomic E-state index is 0.0300. The third-order valence-electron chi connectivity index (χ3n) is 3.76. The molecule has 2 nitrogen and oxygen atoms in total. The zero-order valence-corrected chi connectivity index (χ0v) is 9.69. The predicted octanol–water partition coefficient (Wildman–Crippen LogP) is 2.51. The van der Waals surface area contributed by atoms with Crippen molar-refractivity contribution in [3.8, 4) is 0 Å². The maximum Gasteiger partial charge on any atom is 0.150 e. The van der Waals surface area contributed by atoms with Crippen molar-refractivity contribution in [1.29, 1.82) is 0 Å². The van der Waals surface area contributed by atoms with Gasteiger partial charge in [-0.3, -0.25) is 4.79 Å². The van der Waals surface area contributed by atoms with Crippen LogP contribution in [0, 0.1) is 5.41 Å². The second-order valence-corrected chi connectivity index (χ2v) is 4.66. The molecule has 0 aromatic heterocycles. The van der Waals surface area contributed by atoms with Gasteiger partial charge in [-0.2, -0.15) is 0 Å². The van der Waals surface area contributed by atoms with Gasteiger partial charge in [-0.1, -0.05) is 31.2 Å². The van der Waals surface area contributed by atoms with Gasteiger partial charge in [-0.05, 0) is 24.5 Å². The molecule has 0 amide bonds. The second-order valence-electron chi connectivity index (χ2n) is 4.66. The molecule has 2 rings (SSSR count). The summed E-state index contributed by atoms with van der Waals surface area (Å²) in [6.45, 7) is 3.80. The van der Waals surface area contributed by atoms with Crippen LogP contribution < -0.4 is 0 Å². The summed E-state index contributed by atoms with van der Waals surface area (Å²) in [6.07, 6.45) is 2.04. The minimum Gasteiger partial charge on any atom is -0.302 e. The molecular formula is C14H16O2. The smallest absolute Gasteiger partial charge is 0.150 e. The monoisotopic (exact) mass is 216 g/mol. The molecule has 0 saturated carbocycles. The highest BCUT2D eigenvalue weighted by Gasteiger charge is 2.44. The van der Waals surface area contributed by atoms with E-state index < -0.39 is 5.41 Å². The standard InChI is InChI=1S/C14H16O2/c1-3-12-11-7-5-4-6-10(11)8-13(16)14(12,2)9-15/h4-7,9,12H,3,8H2,1-2H3/t12-,14-/m1/s1. The Morgan fingerprint density at radius 2 is 2.12 bits per heavy atom. The molecule has 0 spiro atoms. The van der Waals surface area contributed by atoms with Crippen molar-refractivity contribution in [2.24, 2.45) is 5.41 Å². The fraction of sp³-hybridized carbons (Fsp3) is 0.429. The molecule has 0 fully saturated rings. The van der Waals surface area contributed by atoms with Crippen LogP contribution in [-0.2, 0) is 16.0 Å². The first-order chi connectivity index (χ1) is 7.63. The Morgan fingerprint density at radius 3 is 2.75 bits per heavy atom. The average Bonchev–Trinajstić information content (AvgIpc) is 2.31. The van der Waals surface area contributed by atoms with Crippen LogP contribution in [0.3, 0.4) is 0 Å². The van der Waals surface area contributed by atoms with Gasteiger partial charge < -0.3 is 4.79 Å². The van der Waals surface area contributed by atoms with Crippen molar-refractivity contribution in [1.82, 2.24) is 0 Å². The molecule has 0 saturated heterocycles. The lowest BCUT2D eigenvalue weighted by Gasteiger charge is -2.36. The third kappa shape index (κ3) is 1.41. The highest BCUT2D eigenvalue weighted by Crippen LogP contribution is 2.43. The molecule has 84 valence electrons. The molecule has 1 aliphatic rings. The summed E-state index contributed by atoms with van der Waals surface area (Å²) in [6, 6.07) is 7.95. The molecule has 16 heavy (non-hydrogen) atoms. The Morgan fingerprint density at radius 1 is 1.44 bits per heavy atom. The van der Waals surface area contributed by atoms with E-state index in [2.05, 4.69) is 0 Å². The van der Waals surface area contributed by atoms with E-state index in [1.165, 1.54) is 5.56 Å². The van der Waals surface area contributed by atoms with Gasteiger partial charge in [0.2, 0.25) is 0 Å². The summed E-state index contributed by atoms with van der Waals surface area (Å²) in [7, 11) is 0. The Hall–Kier alpha value is -1.44. The number of hydrogen-bond donors (Lipinski definition) is 0. The van der Waals surface area contributed by atoms with Crippen LogP contribution in [-0.4, -0.2) is 12.1 Å². The zero-order chi connectivity index (χ0) is 11.8. The molecule has 1 aromatic rings. The molecule has 2 heteroatoms. The quantitative estimate of drug-likeness (QED) is 0.562. The maximum absolute atomic E-state index is 12.0. The first-order valence-corrected chi connectivity index (χ1v) is 5.71. The highest BCUT2D eigenvalue weighted by atomic mass is 16.1. The van der Waals surface area contributed by atoms with Crippen molar-refractivity contribution in [2.75, 3.05) is 0 Å². The lowest BCUT2D eigenvalue weighted by molar-refractivity contribution is -0.135. The highest BCUT2D eigenvalue weighted by molar-refractivity contribution is 6.01. The van der Waals surface area contributed by atoms with E-state index in [-0.39, 0.29) is 11.7 Å². The van der Waals surface area contributed by atoms with Crippen LogP contribution in [0.1, 0.15) is 37.3 Å². The minimum atomic E-state index is -0.830. The normalized spacial score (nSPS) is 28.6. The molecular weight excluding hydrogens is 200 g/mol. The number of aldehydes is 1. The molecule has 0 bridgehead atoms. The van der Waals surface area contributed by atoms with Crippen molar-refractivity contribution >= 4 is 12.1 Å². The predicted molar refractivity (Wildman–Crippen MR) is 62.4 cm³/mol. The first-order valence-electron chi connectivity index (χ1n) is 5.71. The summed E-state index contributed by atoms with van der Waals surface area (Å²) in [5.74, 6) is 0.0792. The molecule has 0 radical (unpaired) electrons. The van der Waals surface area contributed by atoms with E-state index in [1.54, 1.807) is 6.92 Å². The maximum atomic E-state index is 12.0. The fourth-order valence-electron chi connectivity index (χ4n) is 2.71. The van der Waals surface area contributed by atoms with Crippen molar-refractivity contribution in [3.63, 3.8) is 0 Å².